The molecule has 0 radical (unpaired) electrons. The quantitative estimate of drug-likeness (QED) is 0.0405. The van der Waals surface area contributed by atoms with Crippen molar-refractivity contribution in [3.05, 3.63) is 11.4 Å². The number of ether oxygens (including phenoxy) is 2. The van der Waals surface area contributed by atoms with Crippen LogP contribution < -0.4 is 10.6 Å². The van der Waals surface area contributed by atoms with Gasteiger partial charge in [0.15, 0.2) is 6.10 Å². The first-order valence-corrected chi connectivity index (χ1v) is 27.4. The number of aliphatic hydroxyl groups is 1. The summed E-state index contributed by atoms with van der Waals surface area (Å²) in [7, 11) is 0. The maximum Gasteiger partial charge on any atom is 0.306 e. The van der Waals surface area contributed by atoms with Crippen LogP contribution in [0.1, 0.15) is 266 Å². The summed E-state index contributed by atoms with van der Waals surface area (Å²) in [6, 6.07) is 0. The van der Waals surface area contributed by atoms with Crippen LogP contribution in [0.5, 0.6) is 0 Å². The maximum absolute atomic E-state index is 12.9. The molecule has 9 heteroatoms. The molecule has 370 valence electrons. The fraction of sp³-hybridized carbons (Fsp3) is 0.907. The van der Waals surface area contributed by atoms with Gasteiger partial charge in [-0.2, -0.15) is 0 Å². The minimum absolute atomic E-state index is 0.00238. The van der Waals surface area contributed by atoms with Crippen molar-refractivity contribution in [1.29, 1.82) is 0 Å². The van der Waals surface area contributed by atoms with Crippen LogP contribution in [0.15, 0.2) is 11.4 Å². The van der Waals surface area contributed by atoms with E-state index in [4.69, 9.17) is 9.47 Å². The normalized spacial score (nSPS) is 14.4. The van der Waals surface area contributed by atoms with Gasteiger partial charge in [0.2, 0.25) is 5.78 Å². The molecule has 1 aliphatic carbocycles. The number of carbonyl (C=O) groups is 3. The Morgan fingerprint density at radius 2 is 0.873 bits per heavy atom. The summed E-state index contributed by atoms with van der Waals surface area (Å²) < 4.78 is 12.0. The Morgan fingerprint density at radius 3 is 1.30 bits per heavy atom. The van der Waals surface area contributed by atoms with Crippen LogP contribution in [0.4, 0.5) is 0 Å². The summed E-state index contributed by atoms with van der Waals surface area (Å²) in [5.41, 5.74) is 1.16. The zero-order chi connectivity index (χ0) is 46.0. The second kappa shape index (κ2) is 42.5. The number of likely N-dealkylation sites (N-methyl/N-ethyl adjacent to an activating group) is 1. The summed E-state index contributed by atoms with van der Waals surface area (Å²) >= 11 is 0. The fourth-order valence-corrected chi connectivity index (χ4v) is 8.93. The Morgan fingerprint density at radius 1 is 0.492 bits per heavy atom. The number of unbranched alkanes of at least 4 members (excludes halogenated alkanes) is 23. The van der Waals surface area contributed by atoms with Crippen LogP contribution in [-0.4, -0.2) is 78.8 Å². The van der Waals surface area contributed by atoms with Gasteiger partial charge in [0, 0.05) is 25.9 Å². The van der Waals surface area contributed by atoms with E-state index in [0.29, 0.717) is 37.3 Å². The zero-order valence-electron chi connectivity index (χ0n) is 42.2. The molecule has 0 saturated carbocycles. The molecule has 2 atom stereocenters. The molecule has 0 aromatic rings. The molecule has 0 saturated heterocycles. The van der Waals surface area contributed by atoms with Gasteiger partial charge < -0.3 is 30.1 Å². The van der Waals surface area contributed by atoms with Gasteiger partial charge in [-0.1, -0.05) is 169 Å². The van der Waals surface area contributed by atoms with Gasteiger partial charge in [-0.25, -0.2) is 0 Å². The molecule has 1 aliphatic rings. The molecular formula is C54H103N3O6. The van der Waals surface area contributed by atoms with Crippen LogP contribution in [0.2, 0.25) is 0 Å². The Kier molecular flexibility index (Phi) is 39.7. The molecule has 0 aliphatic heterocycles. The van der Waals surface area contributed by atoms with Gasteiger partial charge in [-0.05, 0) is 104 Å². The lowest BCUT2D eigenvalue weighted by atomic mass is 9.95. The first kappa shape index (κ1) is 58.9. The summed E-state index contributed by atoms with van der Waals surface area (Å²) in [6.07, 6.45) is 39.8. The van der Waals surface area contributed by atoms with Gasteiger partial charge in [0.05, 0.1) is 5.70 Å². The molecule has 0 aromatic heterocycles. The summed E-state index contributed by atoms with van der Waals surface area (Å²) in [5.74, 6) is -0.237. The summed E-state index contributed by atoms with van der Waals surface area (Å²) in [6.45, 7) is 15.3. The van der Waals surface area contributed by atoms with Gasteiger partial charge >= 0.3 is 11.9 Å². The Balaban J connectivity index is 2.45. The van der Waals surface area contributed by atoms with Crippen LogP contribution >= 0.6 is 0 Å². The van der Waals surface area contributed by atoms with Crippen LogP contribution in [-0.2, 0) is 23.9 Å². The second-order valence-corrected chi connectivity index (χ2v) is 18.9. The number of Topliss-reactive ketones (excluding diaryl/α,β-unsaturated/α-hetero) is 1. The molecule has 0 bridgehead atoms. The van der Waals surface area contributed by atoms with Crippen LogP contribution in [0.3, 0.4) is 0 Å². The Hall–Kier alpha value is -2.13. The van der Waals surface area contributed by atoms with Gasteiger partial charge in [-0.3, -0.25) is 14.4 Å². The number of ketones is 1. The molecule has 1 rings (SSSR count). The number of nitrogens with zero attached hydrogens (tertiary/aromatic N) is 1. The highest BCUT2D eigenvalue weighted by molar-refractivity contribution is 6.07. The lowest BCUT2D eigenvalue weighted by Gasteiger charge is -2.29. The smallest absolute Gasteiger partial charge is 0.306 e. The highest BCUT2D eigenvalue weighted by atomic mass is 16.5. The van der Waals surface area contributed by atoms with E-state index < -0.39 is 6.10 Å². The molecule has 0 spiro atoms. The van der Waals surface area contributed by atoms with Gasteiger partial charge in [-0.15, -0.1) is 0 Å². The van der Waals surface area contributed by atoms with Crippen molar-refractivity contribution in [1.82, 2.24) is 15.5 Å². The number of hydrogen-bond donors (Lipinski definition) is 3. The van der Waals surface area contributed by atoms with E-state index in [2.05, 4.69) is 43.2 Å². The molecule has 63 heavy (non-hydrogen) atoms. The number of nitrogens with one attached hydrogen (secondary N) is 2. The Labute approximate surface area is 389 Å². The van der Waals surface area contributed by atoms with E-state index in [0.717, 1.165) is 129 Å². The molecule has 9 nitrogen and oxygen atoms in total. The third kappa shape index (κ3) is 32.2. The molecule has 0 heterocycles. The van der Waals surface area contributed by atoms with Gasteiger partial charge in [0.1, 0.15) is 17.9 Å². The summed E-state index contributed by atoms with van der Waals surface area (Å²) in [5, 5.41) is 16.4. The first-order valence-electron chi connectivity index (χ1n) is 27.4. The van der Waals surface area contributed by atoms with Crippen molar-refractivity contribution >= 4 is 17.7 Å². The molecule has 0 aromatic carbocycles. The largest absolute Gasteiger partial charge is 0.462 e. The molecule has 0 amide bonds. The summed E-state index contributed by atoms with van der Waals surface area (Å²) in [4.78, 5) is 40.3. The molecular weight excluding hydrogens is 787 g/mol. The highest BCUT2D eigenvalue weighted by Crippen LogP contribution is 2.21. The standard InChI is InChI=1S/C54H103N3O6/c1-6-11-14-17-22-29-38-47(37-9-4)62-49(58)41-32-25-20-27-34-44-57(46-36-43-56-52-51(55-10-5)53(60)54(52)61)45-35-28-21-26-33-42-50(59)63-48(39-30-23-18-15-12-7-2)40-31-24-19-16-13-8-3/h47-48,53,55-56,60H,6-46H2,1-5H3. The van der Waals surface area contributed by atoms with E-state index in [9.17, 15) is 19.5 Å². The lowest BCUT2D eigenvalue weighted by Crippen LogP contribution is -2.48. The number of aliphatic hydroxyl groups excluding tert-OH is 1. The third-order valence-corrected chi connectivity index (χ3v) is 12.9. The average Bonchev–Trinajstić information content (AvgIpc) is 3.27. The van der Waals surface area contributed by atoms with E-state index in [-0.39, 0.29) is 29.9 Å². The highest BCUT2D eigenvalue weighted by Gasteiger charge is 2.37. The number of esters is 2. The number of hydrogen-bond acceptors (Lipinski definition) is 9. The fourth-order valence-electron chi connectivity index (χ4n) is 8.93. The minimum atomic E-state index is -1.02. The van der Waals surface area contributed by atoms with Crippen LogP contribution in [0.25, 0.3) is 0 Å². The average molecular weight is 890 g/mol. The molecule has 3 N–H and O–H groups in total. The van der Waals surface area contributed by atoms with Crippen molar-refractivity contribution in [3.8, 4) is 0 Å². The van der Waals surface area contributed by atoms with Crippen LogP contribution in [0, 0.1) is 0 Å². The third-order valence-electron chi connectivity index (χ3n) is 12.9. The number of rotatable bonds is 48. The van der Waals surface area contributed by atoms with E-state index in [1.807, 2.05) is 6.92 Å². The SMILES string of the molecule is CCCCCCCCC(CCC)OC(=O)CCCCCCCN(CCCCCCCC(=O)OC(CCCCCCCC)CCCCCCCC)CCCNC1=C(NCC)C(O)C1=O. The zero-order valence-corrected chi connectivity index (χ0v) is 42.2. The van der Waals surface area contributed by atoms with Crippen molar-refractivity contribution in [2.75, 3.05) is 32.7 Å². The van der Waals surface area contributed by atoms with Crippen molar-refractivity contribution in [2.24, 2.45) is 0 Å². The molecule has 2 unspecified atom stereocenters. The monoisotopic (exact) mass is 890 g/mol. The van der Waals surface area contributed by atoms with E-state index >= 15 is 0 Å². The molecule has 0 fully saturated rings. The van der Waals surface area contributed by atoms with E-state index in [1.165, 1.54) is 109 Å². The van der Waals surface area contributed by atoms with Crippen molar-refractivity contribution in [3.63, 3.8) is 0 Å². The topological polar surface area (TPSA) is 117 Å². The second-order valence-electron chi connectivity index (χ2n) is 18.9. The predicted octanol–water partition coefficient (Wildman–Crippen LogP) is 13.6. The van der Waals surface area contributed by atoms with Gasteiger partial charge in [0.25, 0.3) is 0 Å². The lowest BCUT2D eigenvalue weighted by molar-refractivity contribution is -0.151. The maximum atomic E-state index is 12.9. The number of carbonyl (C=O) groups excluding carboxylic acids is 3. The predicted molar refractivity (Wildman–Crippen MR) is 265 cm³/mol. The van der Waals surface area contributed by atoms with Crippen molar-refractivity contribution < 1.29 is 29.0 Å². The van der Waals surface area contributed by atoms with E-state index in [1.54, 1.807) is 0 Å². The minimum Gasteiger partial charge on any atom is -0.462 e. The Bertz CT molecular complexity index is 1110. The first-order chi connectivity index (χ1) is 30.8. The van der Waals surface area contributed by atoms with Crippen molar-refractivity contribution in [2.45, 2.75) is 284 Å².